The Morgan fingerprint density at radius 2 is 1.86 bits per heavy atom. The van der Waals surface area contributed by atoms with Crippen molar-refractivity contribution in [2.24, 2.45) is 0 Å². The van der Waals surface area contributed by atoms with Gasteiger partial charge >= 0.3 is 6.09 Å². The van der Waals surface area contributed by atoms with E-state index in [0.717, 1.165) is 21.0 Å². The maximum atomic E-state index is 11.0. The van der Waals surface area contributed by atoms with E-state index in [2.05, 4.69) is 10.3 Å². The van der Waals surface area contributed by atoms with Gasteiger partial charge < -0.3 is 10.4 Å². The number of benzene rings is 1. The van der Waals surface area contributed by atoms with E-state index in [0.29, 0.717) is 22.2 Å². The fraction of sp³-hybridized carbons (Fsp3) is 0.250. The maximum Gasteiger partial charge on any atom is 0.404 e. The minimum atomic E-state index is -1.09. The zero-order chi connectivity index (χ0) is 21.0. The molecular weight excluding hydrogens is 431 g/mol. The Balaban J connectivity index is 2.08. The average molecular weight is 451 g/mol. The predicted octanol–water partition coefficient (Wildman–Crippen LogP) is 5.68. The number of carboxylic acid groups (broad SMARTS) is 1. The van der Waals surface area contributed by atoms with Crippen LogP contribution in [0.3, 0.4) is 0 Å². The van der Waals surface area contributed by atoms with Crippen LogP contribution in [0.15, 0.2) is 52.6 Å². The summed E-state index contributed by atoms with van der Waals surface area (Å²) >= 11 is 13.9. The molecule has 1 amide bonds. The lowest BCUT2D eigenvalue weighted by molar-refractivity contribution is 0.193. The zero-order valence-corrected chi connectivity index (χ0v) is 18.2. The van der Waals surface area contributed by atoms with Crippen LogP contribution in [0, 0.1) is 0 Å². The van der Waals surface area contributed by atoms with Crippen molar-refractivity contribution in [1.29, 1.82) is 0 Å². The molecule has 0 bridgehead atoms. The fourth-order valence-corrected chi connectivity index (χ4v) is 4.75. The number of aromatic nitrogens is 3. The zero-order valence-electron chi connectivity index (χ0n) is 15.9. The second kappa shape index (κ2) is 9.52. The van der Waals surface area contributed by atoms with Gasteiger partial charge in [0.15, 0.2) is 0 Å². The van der Waals surface area contributed by atoms with Gasteiger partial charge in [0.2, 0.25) is 0 Å². The molecule has 1 aromatic carbocycles. The van der Waals surface area contributed by atoms with Crippen LogP contribution < -0.4 is 5.32 Å². The molecule has 0 atom stereocenters. The molecule has 0 saturated heterocycles. The van der Waals surface area contributed by atoms with Gasteiger partial charge in [0.05, 0.1) is 12.2 Å². The molecule has 0 aliphatic heterocycles. The van der Waals surface area contributed by atoms with Crippen molar-refractivity contribution in [3.8, 4) is 0 Å². The molecular formula is C20H20Cl2N4O2S. The van der Waals surface area contributed by atoms with Gasteiger partial charge in [-0.1, -0.05) is 35.0 Å². The molecule has 0 fully saturated rings. The van der Waals surface area contributed by atoms with Gasteiger partial charge in [-0.2, -0.15) is 5.10 Å². The molecule has 3 rings (SSSR count). The Bertz CT molecular complexity index is 989. The summed E-state index contributed by atoms with van der Waals surface area (Å²) in [4.78, 5) is 16.0. The number of halogens is 2. The molecule has 29 heavy (non-hydrogen) atoms. The highest BCUT2D eigenvalue weighted by molar-refractivity contribution is 7.99. The molecule has 0 aliphatic carbocycles. The van der Waals surface area contributed by atoms with E-state index in [-0.39, 0.29) is 12.6 Å². The van der Waals surface area contributed by atoms with Crippen LogP contribution in [0.4, 0.5) is 4.79 Å². The highest BCUT2D eigenvalue weighted by atomic mass is 35.5. The third kappa shape index (κ3) is 5.65. The third-order valence-corrected chi connectivity index (χ3v) is 5.65. The lowest BCUT2D eigenvalue weighted by atomic mass is 10.1. The second-order valence-corrected chi connectivity index (χ2v) is 8.60. The molecule has 0 radical (unpaired) electrons. The molecule has 2 heterocycles. The Labute approximate surface area is 183 Å². The van der Waals surface area contributed by atoms with Crippen LogP contribution in [0.2, 0.25) is 10.0 Å². The molecule has 3 aromatic rings. The summed E-state index contributed by atoms with van der Waals surface area (Å²) in [5, 5.41) is 18.2. The molecule has 2 aromatic heterocycles. The predicted molar refractivity (Wildman–Crippen MR) is 115 cm³/mol. The Hall–Kier alpha value is -2.22. The Morgan fingerprint density at radius 1 is 1.21 bits per heavy atom. The number of amides is 1. The highest BCUT2D eigenvalue weighted by Gasteiger charge is 2.21. The molecule has 152 valence electrons. The lowest BCUT2D eigenvalue weighted by Gasteiger charge is -2.13. The summed E-state index contributed by atoms with van der Waals surface area (Å²) < 4.78 is 1.91. The van der Waals surface area contributed by atoms with Gasteiger partial charge in [-0.25, -0.2) is 4.79 Å². The largest absolute Gasteiger partial charge is 0.465 e. The van der Waals surface area contributed by atoms with Crippen LogP contribution in [0.1, 0.15) is 36.7 Å². The first-order chi connectivity index (χ1) is 13.8. The van der Waals surface area contributed by atoms with Crippen molar-refractivity contribution in [1.82, 2.24) is 20.1 Å². The average Bonchev–Trinajstić information content (AvgIpc) is 2.97. The first-order valence-corrected chi connectivity index (χ1v) is 10.5. The number of hydrogen-bond acceptors (Lipinski definition) is 4. The normalized spacial score (nSPS) is 11.1. The highest BCUT2D eigenvalue weighted by Crippen LogP contribution is 2.37. The minimum Gasteiger partial charge on any atom is -0.465 e. The molecule has 6 nitrogen and oxygen atoms in total. The van der Waals surface area contributed by atoms with E-state index in [1.807, 2.05) is 42.8 Å². The SMILES string of the molecule is CC(C)n1nc(CNC(=O)O)c(Cc2ccncc2)c1Sc1cc(Cl)cc(Cl)c1. The van der Waals surface area contributed by atoms with Gasteiger partial charge in [-0.05, 0) is 49.7 Å². The molecule has 0 saturated carbocycles. The molecule has 9 heteroatoms. The van der Waals surface area contributed by atoms with Crippen molar-refractivity contribution in [3.05, 3.63) is 69.6 Å². The third-order valence-electron chi connectivity index (χ3n) is 4.12. The number of nitrogens with one attached hydrogen (secondary N) is 1. The number of pyridine rings is 1. The quantitative estimate of drug-likeness (QED) is 0.484. The molecule has 0 unspecified atom stereocenters. The summed E-state index contributed by atoms with van der Waals surface area (Å²) in [5.41, 5.74) is 2.71. The van der Waals surface area contributed by atoms with Crippen LogP contribution in [-0.4, -0.2) is 26.0 Å². The van der Waals surface area contributed by atoms with E-state index in [1.165, 1.54) is 11.8 Å². The summed E-state index contributed by atoms with van der Waals surface area (Å²) in [6.45, 7) is 4.19. The first-order valence-electron chi connectivity index (χ1n) is 8.93. The summed E-state index contributed by atoms with van der Waals surface area (Å²) in [5.74, 6) is 0. The van der Waals surface area contributed by atoms with E-state index >= 15 is 0 Å². The van der Waals surface area contributed by atoms with E-state index in [1.54, 1.807) is 18.5 Å². The van der Waals surface area contributed by atoms with Gasteiger partial charge in [0.25, 0.3) is 0 Å². The molecule has 0 spiro atoms. The summed E-state index contributed by atoms with van der Waals surface area (Å²) in [6.07, 6.45) is 2.99. The van der Waals surface area contributed by atoms with Crippen molar-refractivity contribution in [2.75, 3.05) is 0 Å². The van der Waals surface area contributed by atoms with Crippen molar-refractivity contribution in [3.63, 3.8) is 0 Å². The van der Waals surface area contributed by atoms with Gasteiger partial charge in [0, 0.05) is 45.4 Å². The van der Waals surface area contributed by atoms with Gasteiger partial charge in [-0.15, -0.1) is 0 Å². The topological polar surface area (TPSA) is 80.0 Å². The maximum absolute atomic E-state index is 11.0. The smallest absolute Gasteiger partial charge is 0.404 e. The molecule has 2 N–H and O–H groups in total. The number of nitrogens with zero attached hydrogens (tertiary/aromatic N) is 3. The van der Waals surface area contributed by atoms with Crippen LogP contribution in [-0.2, 0) is 13.0 Å². The Morgan fingerprint density at radius 3 is 2.45 bits per heavy atom. The first kappa shape index (κ1) is 21.5. The standard InChI is InChI=1S/C20H20Cl2N4O2S/c1-12(2)26-19(29-16-9-14(21)8-15(22)10-16)17(7-13-3-5-23-6-4-13)18(25-26)11-24-20(27)28/h3-6,8-10,12,24H,7,11H2,1-2H3,(H,27,28). The Kier molecular flexibility index (Phi) is 7.05. The lowest BCUT2D eigenvalue weighted by Crippen LogP contribution is -2.21. The second-order valence-electron chi connectivity index (χ2n) is 6.67. The van der Waals surface area contributed by atoms with Crippen LogP contribution in [0.5, 0.6) is 0 Å². The van der Waals surface area contributed by atoms with Gasteiger partial charge in [-0.3, -0.25) is 9.67 Å². The van der Waals surface area contributed by atoms with Crippen molar-refractivity contribution < 1.29 is 9.90 Å². The molecule has 0 aliphatic rings. The summed E-state index contributed by atoms with van der Waals surface area (Å²) in [6, 6.07) is 9.34. The number of rotatable bonds is 7. The van der Waals surface area contributed by atoms with E-state index < -0.39 is 6.09 Å². The monoisotopic (exact) mass is 450 g/mol. The summed E-state index contributed by atoms with van der Waals surface area (Å²) in [7, 11) is 0. The van der Waals surface area contributed by atoms with E-state index in [4.69, 9.17) is 33.4 Å². The van der Waals surface area contributed by atoms with Crippen LogP contribution in [0.25, 0.3) is 0 Å². The van der Waals surface area contributed by atoms with E-state index in [9.17, 15) is 4.79 Å². The minimum absolute atomic E-state index is 0.0851. The van der Waals surface area contributed by atoms with Crippen molar-refractivity contribution in [2.45, 2.75) is 42.8 Å². The van der Waals surface area contributed by atoms with Gasteiger partial charge in [0.1, 0.15) is 5.03 Å². The van der Waals surface area contributed by atoms with Crippen molar-refractivity contribution >= 4 is 41.1 Å². The fourth-order valence-electron chi connectivity index (χ4n) is 2.84. The van der Waals surface area contributed by atoms with Crippen LogP contribution >= 0.6 is 35.0 Å². The number of hydrogen-bond donors (Lipinski definition) is 2. The number of carbonyl (C=O) groups is 1.